The van der Waals surface area contributed by atoms with Gasteiger partial charge in [-0.05, 0) is 70.6 Å². The van der Waals surface area contributed by atoms with E-state index in [9.17, 15) is 14.4 Å². The minimum Gasteiger partial charge on any atom is -0.462 e. The molecule has 0 aliphatic carbocycles. The van der Waals surface area contributed by atoms with Crippen LogP contribution in [0.25, 0.3) is 0 Å². The molecule has 0 bridgehead atoms. The molecule has 0 N–H and O–H groups in total. The van der Waals surface area contributed by atoms with E-state index in [2.05, 4.69) is 45.1 Å². The lowest BCUT2D eigenvalue weighted by molar-refractivity contribution is -0.167. The molecule has 0 spiro atoms. The van der Waals surface area contributed by atoms with Gasteiger partial charge in [0.2, 0.25) is 0 Å². The van der Waals surface area contributed by atoms with Crippen molar-refractivity contribution in [2.24, 2.45) is 0 Å². The molecular weight excluding hydrogens is 817 g/mol. The molecule has 66 heavy (non-hydrogen) atoms. The van der Waals surface area contributed by atoms with Gasteiger partial charge < -0.3 is 14.2 Å². The van der Waals surface area contributed by atoms with Crippen LogP contribution in [0.15, 0.2) is 24.3 Å². The molecule has 6 nitrogen and oxygen atoms in total. The maximum Gasteiger partial charge on any atom is 0.306 e. The first kappa shape index (κ1) is 63.9. The molecule has 0 saturated heterocycles. The Kier molecular flexibility index (Phi) is 53.7. The maximum atomic E-state index is 12.8. The van der Waals surface area contributed by atoms with E-state index in [4.69, 9.17) is 14.2 Å². The molecule has 0 saturated carbocycles. The molecule has 0 radical (unpaired) electrons. The Bertz CT molecular complexity index is 1070. The SMILES string of the molecule is CCCCCC/C=C\CCCCCCCCCC(=O)OC(COC(=O)CCCCCCCCC/C=C\CCCCCCCCCC)COC(=O)CCCCCCCCCCCCCCCC. The summed E-state index contributed by atoms with van der Waals surface area (Å²) < 4.78 is 16.9. The lowest BCUT2D eigenvalue weighted by Crippen LogP contribution is -2.30. The standard InChI is InChI=1S/C60H112O6/c1-4-7-10-13-16-19-22-25-28-29-30-31-33-35-38-41-44-47-50-53-59(62)65-56-57(55-64-58(61)52-49-46-43-40-37-34-27-24-21-18-15-12-9-6-3)66-60(63)54-51-48-45-42-39-36-32-26-23-20-17-14-11-8-5-2/h20,23,29-30,57H,4-19,21-22,24-28,31-56H2,1-3H3/b23-20-,30-29-. The van der Waals surface area contributed by atoms with Gasteiger partial charge in [0.25, 0.3) is 0 Å². The van der Waals surface area contributed by atoms with Gasteiger partial charge in [0.1, 0.15) is 13.2 Å². The highest BCUT2D eigenvalue weighted by atomic mass is 16.6. The first-order chi connectivity index (χ1) is 32.5. The average Bonchev–Trinajstić information content (AvgIpc) is 3.31. The van der Waals surface area contributed by atoms with Crippen LogP contribution in [0.2, 0.25) is 0 Å². The summed E-state index contributed by atoms with van der Waals surface area (Å²) in [6, 6.07) is 0. The third kappa shape index (κ3) is 52.9. The third-order valence-electron chi connectivity index (χ3n) is 13.2. The highest BCUT2D eigenvalue weighted by molar-refractivity contribution is 5.71. The fraction of sp³-hybridized carbons (Fsp3) is 0.883. The van der Waals surface area contributed by atoms with Gasteiger partial charge in [-0.15, -0.1) is 0 Å². The van der Waals surface area contributed by atoms with Gasteiger partial charge in [0.15, 0.2) is 6.10 Å². The zero-order chi connectivity index (χ0) is 47.9. The van der Waals surface area contributed by atoms with Crippen molar-refractivity contribution in [2.75, 3.05) is 13.2 Å². The van der Waals surface area contributed by atoms with Crippen LogP contribution in [-0.2, 0) is 28.6 Å². The number of hydrogen-bond donors (Lipinski definition) is 0. The zero-order valence-electron chi connectivity index (χ0n) is 44.5. The van der Waals surface area contributed by atoms with Crippen molar-refractivity contribution in [1.29, 1.82) is 0 Å². The summed E-state index contributed by atoms with van der Waals surface area (Å²) in [6.07, 6.45) is 64.5. The molecule has 0 aliphatic rings. The second-order valence-electron chi connectivity index (χ2n) is 19.9. The van der Waals surface area contributed by atoms with Crippen LogP contribution in [0, 0.1) is 0 Å². The number of unbranched alkanes of at least 4 members (excludes halogenated alkanes) is 39. The molecule has 0 aromatic heterocycles. The Morgan fingerprint density at radius 1 is 0.288 bits per heavy atom. The number of rotatable bonds is 54. The fourth-order valence-corrected chi connectivity index (χ4v) is 8.73. The predicted octanol–water partition coefficient (Wildman–Crippen LogP) is 19.5. The molecule has 0 amide bonds. The van der Waals surface area contributed by atoms with Gasteiger partial charge >= 0.3 is 17.9 Å². The highest BCUT2D eigenvalue weighted by Gasteiger charge is 2.19. The van der Waals surface area contributed by atoms with Crippen LogP contribution in [0.3, 0.4) is 0 Å². The molecule has 1 unspecified atom stereocenters. The normalized spacial score (nSPS) is 12.1. The van der Waals surface area contributed by atoms with Crippen molar-refractivity contribution in [2.45, 2.75) is 329 Å². The van der Waals surface area contributed by atoms with Crippen molar-refractivity contribution in [3.05, 3.63) is 24.3 Å². The number of carbonyl (C=O) groups excluding carboxylic acids is 3. The lowest BCUT2D eigenvalue weighted by Gasteiger charge is -2.18. The maximum absolute atomic E-state index is 12.8. The van der Waals surface area contributed by atoms with Crippen molar-refractivity contribution in [1.82, 2.24) is 0 Å². The molecule has 0 aliphatic heterocycles. The second kappa shape index (κ2) is 55.5. The molecule has 6 heteroatoms. The summed E-state index contributed by atoms with van der Waals surface area (Å²) in [5, 5.41) is 0. The van der Waals surface area contributed by atoms with Crippen molar-refractivity contribution in [3.8, 4) is 0 Å². The van der Waals surface area contributed by atoms with E-state index < -0.39 is 6.10 Å². The van der Waals surface area contributed by atoms with E-state index in [-0.39, 0.29) is 31.1 Å². The van der Waals surface area contributed by atoms with Crippen molar-refractivity contribution < 1.29 is 28.6 Å². The van der Waals surface area contributed by atoms with Crippen LogP contribution >= 0.6 is 0 Å². The Morgan fingerprint density at radius 3 is 0.773 bits per heavy atom. The molecule has 0 aromatic carbocycles. The predicted molar refractivity (Wildman–Crippen MR) is 284 cm³/mol. The minimum absolute atomic E-state index is 0.0699. The first-order valence-corrected chi connectivity index (χ1v) is 29.3. The summed E-state index contributed by atoms with van der Waals surface area (Å²) >= 11 is 0. The Labute approximate surface area is 411 Å². The summed E-state index contributed by atoms with van der Waals surface area (Å²) in [4.78, 5) is 38.1. The first-order valence-electron chi connectivity index (χ1n) is 29.3. The number of carbonyl (C=O) groups is 3. The van der Waals surface area contributed by atoms with E-state index in [0.717, 1.165) is 57.8 Å². The lowest BCUT2D eigenvalue weighted by atomic mass is 10.0. The smallest absolute Gasteiger partial charge is 0.306 e. The van der Waals surface area contributed by atoms with Crippen LogP contribution in [0.4, 0.5) is 0 Å². The van der Waals surface area contributed by atoms with Crippen LogP contribution in [0.5, 0.6) is 0 Å². The number of ether oxygens (including phenoxy) is 3. The molecular formula is C60H112O6. The van der Waals surface area contributed by atoms with E-state index in [1.807, 2.05) is 0 Å². The van der Waals surface area contributed by atoms with Gasteiger partial charge in [-0.25, -0.2) is 0 Å². The molecule has 0 heterocycles. The Balaban J connectivity index is 4.32. The van der Waals surface area contributed by atoms with Crippen LogP contribution < -0.4 is 0 Å². The molecule has 0 rings (SSSR count). The van der Waals surface area contributed by atoms with E-state index >= 15 is 0 Å². The van der Waals surface area contributed by atoms with E-state index in [1.54, 1.807) is 0 Å². The summed E-state index contributed by atoms with van der Waals surface area (Å²) in [6.45, 7) is 6.67. The van der Waals surface area contributed by atoms with Crippen LogP contribution in [-0.4, -0.2) is 37.2 Å². The molecule has 0 fully saturated rings. The molecule has 0 aromatic rings. The van der Waals surface area contributed by atoms with E-state index in [0.29, 0.717) is 19.3 Å². The molecule has 388 valence electrons. The summed E-state index contributed by atoms with van der Waals surface area (Å²) in [7, 11) is 0. The largest absolute Gasteiger partial charge is 0.462 e. The molecule has 1 atom stereocenters. The summed E-state index contributed by atoms with van der Waals surface area (Å²) in [5.41, 5.74) is 0. The zero-order valence-corrected chi connectivity index (χ0v) is 44.5. The Morgan fingerprint density at radius 2 is 0.500 bits per heavy atom. The second-order valence-corrected chi connectivity index (χ2v) is 19.9. The van der Waals surface area contributed by atoms with Gasteiger partial charge in [-0.3, -0.25) is 14.4 Å². The van der Waals surface area contributed by atoms with Gasteiger partial charge in [0.05, 0.1) is 0 Å². The van der Waals surface area contributed by atoms with Gasteiger partial charge in [-0.2, -0.15) is 0 Å². The number of allylic oxidation sites excluding steroid dienone is 4. The number of esters is 3. The van der Waals surface area contributed by atoms with Gasteiger partial charge in [-0.1, -0.05) is 257 Å². The van der Waals surface area contributed by atoms with E-state index in [1.165, 1.54) is 225 Å². The quantitative estimate of drug-likeness (QED) is 0.0262. The third-order valence-corrected chi connectivity index (χ3v) is 13.2. The summed E-state index contributed by atoms with van der Waals surface area (Å²) in [5.74, 6) is -0.859. The van der Waals surface area contributed by atoms with Crippen molar-refractivity contribution >= 4 is 17.9 Å². The van der Waals surface area contributed by atoms with Crippen molar-refractivity contribution in [3.63, 3.8) is 0 Å². The topological polar surface area (TPSA) is 78.9 Å². The van der Waals surface area contributed by atoms with Crippen LogP contribution in [0.1, 0.15) is 323 Å². The monoisotopic (exact) mass is 929 g/mol. The fourth-order valence-electron chi connectivity index (χ4n) is 8.73. The average molecular weight is 930 g/mol. The Hall–Kier alpha value is -2.11. The number of hydrogen-bond acceptors (Lipinski definition) is 6. The highest BCUT2D eigenvalue weighted by Crippen LogP contribution is 2.16. The minimum atomic E-state index is -0.771. The van der Waals surface area contributed by atoms with Gasteiger partial charge in [0, 0.05) is 19.3 Å².